The number of imide groups is 1. The molecular formula is C14H19N3O6Rb2. The second-order valence-corrected chi connectivity index (χ2v) is 5.38. The summed E-state index contributed by atoms with van der Waals surface area (Å²) in [5.74, 6) is 3.41. The SMILES string of the molecule is C[N-]C(=O)N1C(=O)/C(=C(/C)OC(=O)[C-](C)OON)C2CCCC21.[Rb+].[Rb+]. The van der Waals surface area contributed by atoms with E-state index in [1.807, 2.05) is 0 Å². The number of ether oxygens (including phenoxy) is 1. The number of nitrogens with zero attached hydrogens (tertiary/aromatic N) is 2. The molecule has 1 aliphatic carbocycles. The molecule has 0 aromatic carbocycles. The molecule has 11 heteroatoms. The van der Waals surface area contributed by atoms with Crippen molar-refractivity contribution < 1.29 is 145 Å². The minimum Gasteiger partial charge on any atom is -0.454 e. The van der Waals surface area contributed by atoms with Crippen LogP contribution in [0.2, 0.25) is 0 Å². The van der Waals surface area contributed by atoms with E-state index in [-0.39, 0.29) is 140 Å². The first-order valence-electron chi connectivity index (χ1n) is 7.19. The van der Waals surface area contributed by atoms with Crippen LogP contribution in [-0.2, 0) is 24.2 Å². The number of carbonyl (C=O) groups is 3. The van der Waals surface area contributed by atoms with Crippen molar-refractivity contribution in [1.82, 2.24) is 4.90 Å². The first kappa shape index (κ1) is 26.5. The third kappa shape index (κ3) is 5.99. The summed E-state index contributed by atoms with van der Waals surface area (Å²) in [4.78, 5) is 45.7. The quantitative estimate of drug-likeness (QED) is 0.104. The zero-order chi connectivity index (χ0) is 17.1. The Kier molecular flexibility index (Phi) is 12.9. The zero-order valence-corrected chi connectivity index (χ0v) is 25.0. The Morgan fingerprint density at radius 3 is 2.52 bits per heavy atom. The van der Waals surface area contributed by atoms with E-state index in [1.165, 1.54) is 20.9 Å². The van der Waals surface area contributed by atoms with Gasteiger partial charge in [-0.3, -0.25) is 14.4 Å². The Morgan fingerprint density at radius 1 is 1.32 bits per heavy atom. The van der Waals surface area contributed by atoms with E-state index in [9.17, 15) is 14.4 Å². The molecule has 1 aliphatic heterocycles. The summed E-state index contributed by atoms with van der Waals surface area (Å²) >= 11 is 0. The molecule has 1 heterocycles. The Balaban J connectivity index is 0.00000288. The molecule has 1 saturated carbocycles. The number of carbonyl (C=O) groups excluding carboxylic acids is 3. The number of likely N-dealkylation sites (tertiary alicyclic amines) is 1. The van der Waals surface area contributed by atoms with E-state index in [0.717, 1.165) is 24.2 Å². The molecule has 2 atom stereocenters. The van der Waals surface area contributed by atoms with Crippen LogP contribution in [-0.4, -0.2) is 35.9 Å². The molecule has 0 radical (unpaired) electrons. The van der Waals surface area contributed by atoms with Gasteiger partial charge in [0.2, 0.25) is 5.97 Å². The van der Waals surface area contributed by atoms with Crippen LogP contribution in [0.4, 0.5) is 4.79 Å². The second kappa shape index (κ2) is 12.2. The monoisotopic (exact) mass is 495 g/mol. The van der Waals surface area contributed by atoms with Crippen LogP contribution in [0.25, 0.3) is 5.32 Å². The number of hydrogen-bond acceptors (Lipinski definition) is 7. The van der Waals surface area contributed by atoms with Gasteiger partial charge in [0, 0.05) is 5.57 Å². The van der Waals surface area contributed by atoms with Gasteiger partial charge in [-0.25, -0.2) is 0 Å². The van der Waals surface area contributed by atoms with Gasteiger partial charge >= 0.3 is 116 Å². The number of fused-ring (bicyclic) bond motifs is 1. The summed E-state index contributed by atoms with van der Waals surface area (Å²) in [6.45, 7) is 2.82. The van der Waals surface area contributed by atoms with Crippen LogP contribution in [0.3, 0.4) is 0 Å². The van der Waals surface area contributed by atoms with E-state index < -0.39 is 17.9 Å². The van der Waals surface area contributed by atoms with Crippen LogP contribution in [0.5, 0.6) is 0 Å². The first-order valence-corrected chi connectivity index (χ1v) is 7.19. The molecule has 2 unspecified atom stereocenters. The Labute approximate surface area is 244 Å². The molecule has 25 heavy (non-hydrogen) atoms. The number of nitrogens with two attached hydrogens (primary N) is 1. The molecule has 1 saturated heterocycles. The second-order valence-electron chi connectivity index (χ2n) is 5.38. The van der Waals surface area contributed by atoms with Crippen LogP contribution in [0, 0.1) is 12.0 Å². The number of hydrogen-bond donors (Lipinski definition) is 1. The van der Waals surface area contributed by atoms with Crippen molar-refractivity contribution in [3.05, 3.63) is 22.8 Å². The van der Waals surface area contributed by atoms with E-state index in [2.05, 4.69) is 15.2 Å². The van der Waals surface area contributed by atoms with Crippen molar-refractivity contribution in [1.29, 1.82) is 0 Å². The smallest absolute Gasteiger partial charge is 0.454 e. The number of esters is 1. The summed E-state index contributed by atoms with van der Waals surface area (Å²) in [7, 11) is 1.34. The van der Waals surface area contributed by atoms with Crippen LogP contribution >= 0.6 is 0 Å². The van der Waals surface area contributed by atoms with Crippen molar-refractivity contribution in [2.45, 2.75) is 39.2 Å². The fourth-order valence-corrected chi connectivity index (χ4v) is 3.15. The number of amides is 3. The van der Waals surface area contributed by atoms with Gasteiger partial charge in [0.1, 0.15) is 5.76 Å². The maximum Gasteiger partial charge on any atom is 1.00 e. The summed E-state index contributed by atoms with van der Waals surface area (Å²) in [5.41, 5.74) is 0.333. The van der Waals surface area contributed by atoms with Crippen molar-refractivity contribution in [2.75, 3.05) is 7.05 Å². The third-order valence-corrected chi connectivity index (χ3v) is 4.11. The molecule has 2 fully saturated rings. The van der Waals surface area contributed by atoms with Gasteiger partial charge in [0.15, 0.2) is 11.9 Å². The van der Waals surface area contributed by atoms with E-state index in [0.29, 0.717) is 5.57 Å². The van der Waals surface area contributed by atoms with Crippen molar-refractivity contribution in [2.24, 2.45) is 11.8 Å². The Bertz CT molecular complexity index is 557. The van der Waals surface area contributed by atoms with E-state index in [1.54, 1.807) is 0 Å². The number of rotatable bonds is 4. The predicted octanol–water partition coefficient (Wildman–Crippen LogP) is -4.68. The largest absolute Gasteiger partial charge is 1.00 e. The molecule has 0 bridgehead atoms. The molecule has 128 valence electrons. The average molecular weight is 496 g/mol. The van der Waals surface area contributed by atoms with Gasteiger partial charge in [-0.15, -0.1) is 13.0 Å². The standard InChI is InChI=1S/C14H20N3O6.2Rb/c1-7(21-13(19)8(2)22-23-15)11-9-5-4-6-10(9)17(12(11)18)14(20)16-3;;/h9-10H,4-6,15H2,1-3H3,(H,16,20);;/q-1;2*+1/p-1/b11-7-;;. The van der Waals surface area contributed by atoms with E-state index in [4.69, 9.17) is 10.6 Å². The Morgan fingerprint density at radius 2 is 1.96 bits per heavy atom. The summed E-state index contributed by atoms with van der Waals surface area (Å²) in [5, 5.41) is 3.57. The van der Waals surface area contributed by atoms with Crippen molar-refractivity contribution in [3.8, 4) is 0 Å². The normalized spacial score (nSPS) is 23.2. The fourth-order valence-electron chi connectivity index (χ4n) is 3.15. The zero-order valence-electron chi connectivity index (χ0n) is 15.2. The topological polar surface area (TPSA) is 122 Å². The average Bonchev–Trinajstić information content (AvgIpc) is 3.05. The number of urea groups is 1. The molecule has 0 spiro atoms. The molecule has 3 amide bonds. The minimum atomic E-state index is -0.826. The van der Waals surface area contributed by atoms with Crippen LogP contribution in [0.15, 0.2) is 11.3 Å². The van der Waals surface area contributed by atoms with Crippen molar-refractivity contribution >= 4 is 17.9 Å². The van der Waals surface area contributed by atoms with Gasteiger partial charge < -0.3 is 19.8 Å². The molecule has 2 N–H and O–H groups in total. The summed E-state index contributed by atoms with van der Waals surface area (Å²) in [6, 6.07) is -0.806. The molecule has 9 nitrogen and oxygen atoms in total. The molecule has 2 aliphatic rings. The first-order chi connectivity index (χ1) is 10.9. The van der Waals surface area contributed by atoms with Gasteiger partial charge in [-0.2, -0.15) is 10.9 Å². The van der Waals surface area contributed by atoms with Crippen molar-refractivity contribution in [3.63, 3.8) is 0 Å². The molecule has 0 aromatic rings. The van der Waals surface area contributed by atoms with Gasteiger partial charge in [-0.1, -0.05) is 13.5 Å². The minimum absolute atomic E-state index is 0. The predicted molar refractivity (Wildman–Crippen MR) is 76.7 cm³/mol. The molecule has 2 rings (SSSR count). The maximum atomic E-state index is 12.6. The molecule has 0 aromatic heterocycles. The Hall–Kier alpha value is 1.51. The van der Waals surface area contributed by atoms with Gasteiger partial charge in [0.25, 0.3) is 0 Å². The fraction of sp³-hybridized carbons (Fsp3) is 0.571. The van der Waals surface area contributed by atoms with E-state index >= 15 is 0 Å². The summed E-state index contributed by atoms with van der Waals surface area (Å²) < 4.78 is 5.14. The molecular weight excluding hydrogens is 477 g/mol. The third-order valence-electron chi connectivity index (χ3n) is 4.11. The van der Waals surface area contributed by atoms with Gasteiger partial charge in [-0.05, 0) is 31.7 Å². The summed E-state index contributed by atoms with van der Waals surface area (Å²) in [6.07, 6.45) is 2.14. The maximum absolute atomic E-state index is 12.6. The van der Waals surface area contributed by atoms with Crippen LogP contribution < -0.4 is 122 Å². The number of allylic oxidation sites excluding steroid dienone is 1. The van der Waals surface area contributed by atoms with Gasteiger partial charge in [0.05, 0.1) is 0 Å². The van der Waals surface area contributed by atoms with Crippen LogP contribution in [0.1, 0.15) is 33.1 Å².